The molecule has 1 heterocycles. The van der Waals surface area contributed by atoms with Crippen LogP contribution < -0.4 is 15.0 Å². The zero-order valence-electron chi connectivity index (χ0n) is 11.6. The molecular weight excluding hydrogens is 276 g/mol. The number of hydrogen-bond donors (Lipinski definition) is 2. The van der Waals surface area contributed by atoms with E-state index >= 15 is 0 Å². The summed E-state index contributed by atoms with van der Waals surface area (Å²) < 4.78 is 10.8. The molecule has 0 amide bonds. The van der Waals surface area contributed by atoms with Crippen LogP contribution >= 0.6 is 12.2 Å². The summed E-state index contributed by atoms with van der Waals surface area (Å²) in [5.74, 6) is 1.30. The quantitative estimate of drug-likeness (QED) is 0.849. The highest BCUT2D eigenvalue weighted by Crippen LogP contribution is 2.28. The van der Waals surface area contributed by atoms with Gasteiger partial charge in [-0.15, -0.1) is 0 Å². The van der Waals surface area contributed by atoms with Gasteiger partial charge < -0.3 is 14.5 Å². The van der Waals surface area contributed by atoms with E-state index in [9.17, 15) is 4.79 Å². The zero-order valence-corrected chi connectivity index (χ0v) is 12.4. The van der Waals surface area contributed by atoms with Gasteiger partial charge in [-0.25, -0.2) is 0 Å². The molecule has 0 aliphatic rings. The SMILES string of the molecule is COc1ccc(Cc2c(C)[nH]c(=S)[nH]c2=O)cc1OC. The summed E-state index contributed by atoms with van der Waals surface area (Å²) in [5, 5.41) is 0. The summed E-state index contributed by atoms with van der Waals surface area (Å²) in [6.45, 7) is 1.83. The van der Waals surface area contributed by atoms with Crippen molar-refractivity contribution >= 4 is 12.2 Å². The van der Waals surface area contributed by atoms with Gasteiger partial charge in [0.1, 0.15) is 0 Å². The lowest BCUT2D eigenvalue weighted by Gasteiger charge is -2.10. The van der Waals surface area contributed by atoms with Gasteiger partial charge >= 0.3 is 0 Å². The maximum Gasteiger partial charge on any atom is 0.255 e. The highest BCUT2D eigenvalue weighted by atomic mass is 32.1. The molecule has 2 N–H and O–H groups in total. The summed E-state index contributed by atoms with van der Waals surface area (Å²) in [7, 11) is 3.17. The fourth-order valence-corrected chi connectivity index (χ4v) is 2.28. The van der Waals surface area contributed by atoms with Gasteiger partial charge in [0.25, 0.3) is 5.56 Å². The van der Waals surface area contributed by atoms with E-state index in [0.717, 1.165) is 11.3 Å². The van der Waals surface area contributed by atoms with E-state index in [2.05, 4.69) is 9.97 Å². The lowest BCUT2D eigenvalue weighted by atomic mass is 10.0. The monoisotopic (exact) mass is 292 g/mol. The lowest BCUT2D eigenvalue weighted by molar-refractivity contribution is 0.354. The van der Waals surface area contributed by atoms with E-state index < -0.39 is 0 Å². The van der Waals surface area contributed by atoms with Gasteiger partial charge in [0.15, 0.2) is 16.3 Å². The van der Waals surface area contributed by atoms with Crippen LogP contribution in [0.15, 0.2) is 23.0 Å². The first-order valence-electron chi connectivity index (χ1n) is 6.08. The van der Waals surface area contributed by atoms with Crippen LogP contribution in [-0.2, 0) is 6.42 Å². The third kappa shape index (κ3) is 2.91. The van der Waals surface area contributed by atoms with Crippen molar-refractivity contribution in [3.8, 4) is 11.5 Å². The highest BCUT2D eigenvalue weighted by molar-refractivity contribution is 7.71. The number of aromatic amines is 2. The Morgan fingerprint density at radius 2 is 1.85 bits per heavy atom. The third-order valence-electron chi connectivity index (χ3n) is 3.08. The van der Waals surface area contributed by atoms with E-state index in [4.69, 9.17) is 21.7 Å². The van der Waals surface area contributed by atoms with Crippen molar-refractivity contribution in [2.75, 3.05) is 14.2 Å². The highest BCUT2D eigenvalue weighted by Gasteiger charge is 2.09. The Balaban J connectivity index is 2.40. The molecule has 0 aliphatic heterocycles. The molecule has 0 radical (unpaired) electrons. The van der Waals surface area contributed by atoms with Crippen molar-refractivity contribution in [2.45, 2.75) is 13.3 Å². The van der Waals surface area contributed by atoms with Crippen molar-refractivity contribution in [1.29, 1.82) is 0 Å². The molecule has 5 nitrogen and oxygen atoms in total. The largest absolute Gasteiger partial charge is 0.493 e. The molecule has 0 aliphatic carbocycles. The number of methoxy groups -OCH3 is 2. The first kappa shape index (κ1) is 14.3. The van der Waals surface area contributed by atoms with E-state index in [1.54, 1.807) is 14.2 Å². The van der Waals surface area contributed by atoms with Gasteiger partial charge in [-0.2, -0.15) is 0 Å². The molecule has 1 aromatic heterocycles. The minimum Gasteiger partial charge on any atom is -0.493 e. The Kier molecular flexibility index (Phi) is 4.24. The second-order valence-corrected chi connectivity index (χ2v) is 4.79. The van der Waals surface area contributed by atoms with E-state index in [1.165, 1.54) is 0 Å². The van der Waals surface area contributed by atoms with Crippen molar-refractivity contribution in [2.24, 2.45) is 0 Å². The van der Waals surface area contributed by atoms with Gasteiger partial charge in [0.2, 0.25) is 0 Å². The summed E-state index contributed by atoms with van der Waals surface area (Å²) in [4.78, 5) is 17.5. The minimum absolute atomic E-state index is 0.166. The number of rotatable bonds is 4. The summed E-state index contributed by atoms with van der Waals surface area (Å²) >= 11 is 4.94. The normalized spacial score (nSPS) is 10.3. The van der Waals surface area contributed by atoms with Crippen molar-refractivity contribution in [1.82, 2.24) is 9.97 Å². The lowest BCUT2D eigenvalue weighted by Crippen LogP contribution is -2.16. The van der Waals surface area contributed by atoms with E-state index in [-0.39, 0.29) is 5.56 Å². The predicted octanol–water partition coefficient (Wildman–Crippen LogP) is 2.35. The molecule has 0 saturated carbocycles. The molecule has 0 atom stereocenters. The second kappa shape index (κ2) is 5.92. The molecule has 0 unspecified atom stereocenters. The Morgan fingerprint density at radius 3 is 2.45 bits per heavy atom. The molecule has 0 fully saturated rings. The Morgan fingerprint density at radius 1 is 1.15 bits per heavy atom. The summed E-state index contributed by atoms with van der Waals surface area (Å²) in [5.41, 5.74) is 2.22. The molecule has 0 spiro atoms. The molecule has 20 heavy (non-hydrogen) atoms. The molecule has 2 rings (SSSR count). The van der Waals surface area contributed by atoms with E-state index in [0.29, 0.717) is 28.3 Å². The fraction of sp³-hybridized carbons (Fsp3) is 0.286. The van der Waals surface area contributed by atoms with Gasteiger partial charge in [0, 0.05) is 17.7 Å². The molecular formula is C14H16N2O3S. The molecule has 0 saturated heterocycles. The number of aryl methyl sites for hydroxylation is 1. The van der Waals surface area contributed by atoms with Crippen LogP contribution in [0.4, 0.5) is 0 Å². The zero-order chi connectivity index (χ0) is 14.7. The molecule has 106 valence electrons. The fourth-order valence-electron chi connectivity index (χ4n) is 2.03. The maximum absolute atomic E-state index is 11.9. The topological polar surface area (TPSA) is 67.1 Å². The predicted molar refractivity (Wildman–Crippen MR) is 79.3 cm³/mol. The Bertz CT molecular complexity index is 734. The van der Waals surface area contributed by atoms with Crippen LogP contribution in [0.3, 0.4) is 0 Å². The first-order valence-corrected chi connectivity index (χ1v) is 6.49. The van der Waals surface area contributed by atoms with Gasteiger partial charge in [-0.3, -0.25) is 9.78 Å². The number of nitrogens with one attached hydrogen (secondary N) is 2. The van der Waals surface area contributed by atoms with Crippen LogP contribution in [0.25, 0.3) is 0 Å². The average Bonchev–Trinajstić information content (AvgIpc) is 2.42. The summed E-state index contributed by atoms with van der Waals surface area (Å²) in [6.07, 6.45) is 0.494. The van der Waals surface area contributed by atoms with Crippen LogP contribution in [0, 0.1) is 11.7 Å². The first-order chi connectivity index (χ1) is 9.55. The second-order valence-electron chi connectivity index (χ2n) is 4.38. The standard InChI is InChI=1S/C14H16N2O3S/c1-8-10(13(17)16-14(20)15-8)6-9-4-5-11(18-2)12(7-9)19-3/h4-5,7H,6H2,1-3H3,(H2,15,16,17,20). The number of benzene rings is 1. The molecule has 2 aromatic rings. The maximum atomic E-state index is 11.9. The average molecular weight is 292 g/mol. The minimum atomic E-state index is -0.166. The van der Waals surface area contributed by atoms with Gasteiger partial charge in [-0.1, -0.05) is 6.07 Å². The Labute approximate surface area is 121 Å². The number of hydrogen-bond acceptors (Lipinski definition) is 4. The van der Waals surface area contributed by atoms with Crippen LogP contribution in [-0.4, -0.2) is 24.2 Å². The van der Waals surface area contributed by atoms with Crippen molar-refractivity contribution < 1.29 is 9.47 Å². The van der Waals surface area contributed by atoms with Gasteiger partial charge in [0.05, 0.1) is 14.2 Å². The molecule has 0 bridgehead atoms. The molecule has 6 heteroatoms. The Hall–Kier alpha value is -2.08. The van der Waals surface area contributed by atoms with Crippen LogP contribution in [0.1, 0.15) is 16.8 Å². The van der Waals surface area contributed by atoms with Crippen molar-refractivity contribution in [3.05, 3.63) is 50.1 Å². The van der Waals surface area contributed by atoms with Gasteiger partial charge in [-0.05, 0) is 36.8 Å². The number of H-pyrrole nitrogens is 2. The summed E-state index contributed by atoms with van der Waals surface area (Å²) in [6, 6.07) is 5.59. The van der Waals surface area contributed by atoms with Crippen LogP contribution in [0.5, 0.6) is 11.5 Å². The number of aromatic nitrogens is 2. The van der Waals surface area contributed by atoms with Crippen molar-refractivity contribution in [3.63, 3.8) is 0 Å². The molecule has 1 aromatic carbocycles. The number of ether oxygens (including phenoxy) is 2. The smallest absolute Gasteiger partial charge is 0.255 e. The van der Waals surface area contributed by atoms with E-state index in [1.807, 2.05) is 25.1 Å². The van der Waals surface area contributed by atoms with Crippen LogP contribution in [0.2, 0.25) is 0 Å². The third-order valence-corrected chi connectivity index (χ3v) is 3.29.